The van der Waals surface area contributed by atoms with Gasteiger partial charge in [-0.2, -0.15) is 5.10 Å². The second-order valence-electron chi connectivity index (χ2n) is 6.79. The molecule has 1 saturated heterocycles. The first-order valence-corrected chi connectivity index (χ1v) is 9.24. The number of nitrogens with zero attached hydrogens (tertiary/aromatic N) is 4. The average Bonchev–Trinajstić information content (AvgIpc) is 3.38. The zero-order valence-corrected chi connectivity index (χ0v) is 15.4. The minimum absolute atomic E-state index is 0.0113. The molecule has 1 N–H and O–H groups in total. The first-order chi connectivity index (χ1) is 13.7. The molecule has 1 aliphatic heterocycles. The highest BCUT2D eigenvalue weighted by atomic mass is 16.2. The van der Waals surface area contributed by atoms with Gasteiger partial charge in [0, 0.05) is 38.1 Å². The molecule has 7 heteroatoms. The summed E-state index contributed by atoms with van der Waals surface area (Å²) in [4.78, 5) is 30.9. The molecular formula is C21H21N5O2. The Labute approximate surface area is 163 Å². The molecule has 1 fully saturated rings. The summed E-state index contributed by atoms with van der Waals surface area (Å²) in [5.74, 6) is -0.456. The van der Waals surface area contributed by atoms with E-state index in [-0.39, 0.29) is 24.2 Å². The second kappa shape index (κ2) is 8.04. The van der Waals surface area contributed by atoms with E-state index < -0.39 is 0 Å². The van der Waals surface area contributed by atoms with E-state index in [1.165, 1.54) is 0 Å². The maximum Gasteiger partial charge on any atom is 0.225 e. The first kappa shape index (κ1) is 17.9. The van der Waals surface area contributed by atoms with E-state index in [1.54, 1.807) is 22.0 Å². The fourth-order valence-electron chi connectivity index (χ4n) is 3.41. The van der Waals surface area contributed by atoms with Crippen LogP contribution >= 0.6 is 0 Å². The molecule has 142 valence electrons. The monoisotopic (exact) mass is 375 g/mol. The van der Waals surface area contributed by atoms with Crippen molar-refractivity contribution in [3.05, 3.63) is 78.4 Å². The lowest BCUT2D eigenvalue weighted by atomic mass is 10.1. The van der Waals surface area contributed by atoms with Crippen molar-refractivity contribution in [2.45, 2.75) is 19.5 Å². The van der Waals surface area contributed by atoms with Crippen molar-refractivity contribution >= 4 is 11.8 Å². The van der Waals surface area contributed by atoms with Crippen LogP contribution in [-0.2, 0) is 22.7 Å². The number of benzene rings is 1. The van der Waals surface area contributed by atoms with Gasteiger partial charge < -0.3 is 10.2 Å². The van der Waals surface area contributed by atoms with Crippen LogP contribution in [0.5, 0.6) is 0 Å². The molecule has 3 heterocycles. The lowest BCUT2D eigenvalue weighted by molar-refractivity contribution is -0.129. The predicted molar refractivity (Wildman–Crippen MR) is 103 cm³/mol. The summed E-state index contributed by atoms with van der Waals surface area (Å²) < 4.78 is 1.77. The van der Waals surface area contributed by atoms with Gasteiger partial charge in [0.25, 0.3) is 0 Å². The van der Waals surface area contributed by atoms with E-state index in [4.69, 9.17) is 0 Å². The number of aromatic nitrogens is 3. The Morgan fingerprint density at radius 3 is 2.75 bits per heavy atom. The third-order valence-electron chi connectivity index (χ3n) is 4.86. The lowest BCUT2D eigenvalue weighted by Gasteiger charge is -2.16. The van der Waals surface area contributed by atoms with Gasteiger partial charge >= 0.3 is 0 Å². The molecule has 4 rings (SSSR count). The molecule has 28 heavy (non-hydrogen) atoms. The number of para-hydroxylation sites is 1. The molecule has 1 unspecified atom stereocenters. The number of hydrogen-bond donors (Lipinski definition) is 1. The van der Waals surface area contributed by atoms with E-state index in [9.17, 15) is 9.59 Å². The van der Waals surface area contributed by atoms with Crippen LogP contribution in [0, 0.1) is 5.92 Å². The number of likely N-dealkylation sites (tertiary alicyclic amines) is 1. The lowest BCUT2D eigenvalue weighted by Crippen LogP contribution is -2.32. The summed E-state index contributed by atoms with van der Waals surface area (Å²) in [7, 11) is 0. The summed E-state index contributed by atoms with van der Waals surface area (Å²) >= 11 is 0. The van der Waals surface area contributed by atoms with Crippen LogP contribution in [0.1, 0.15) is 17.7 Å². The van der Waals surface area contributed by atoms with E-state index in [1.807, 2.05) is 54.7 Å². The standard InChI is InChI=1S/C21H21N5O2/c27-20-12-17(14-25(20)15-18-7-3-4-9-22-18)21(28)23-13-16-6-1-2-8-19(16)26-11-5-10-24-26/h1-11,17H,12-15H2,(H,23,28). The Kier molecular flexibility index (Phi) is 5.14. The number of carbonyl (C=O) groups excluding carboxylic acids is 2. The minimum atomic E-state index is -0.340. The predicted octanol–water partition coefficient (Wildman–Crippen LogP) is 1.93. The van der Waals surface area contributed by atoms with Gasteiger partial charge in [-0.3, -0.25) is 14.6 Å². The molecule has 2 amide bonds. The normalized spacial score (nSPS) is 16.4. The number of pyridine rings is 1. The molecule has 1 atom stereocenters. The topological polar surface area (TPSA) is 80.1 Å². The molecule has 0 bridgehead atoms. The Morgan fingerprint density at radius 2 is 1.96 bits per heavy atom. The summed E-state index contributed by atoms with van der Waals surface area (Å²) in [6, 6.07) is 15.3. The fraction of sp³-hybridized carbons (Fsp3) is 0.238. The van der Waals surface area contributed by atoms with Crippen LogP contribution in [0.4, 0.5) is 0 Å². The van der Waals surface area contributed by atoms with Crippen LogP contribution in [0.2, 0.25) is 0 Å². The third-order valence-corrected chi connectivity index (χ3v) is 4.86. The summed E-state index contributed by atoms with van der Waals surface area (Å²) in [6.45, 7) is 1.24. The van der Waals surface area contributed by atoms with Gasteiger partial charge in [0.1, 0.15) is 0 Å². The molecule has 1 aliphatic rings. The highest BCUT2D eigenvalue weighted by Crippen LogP contribution is 2.20. The number of hydrogen-bond acceptors (Lipinski definition) is 4. The molecule has 0 spiro atoms. The number of amides is 2. The SMILES string of the molecule is O=C(NCc1ccccc1-n1cccn1)C1CC(=O)N(Cc2ccccn2)C1. The molecule has 0 saturated carbocycles. The van der Waals surface area contributed by atoms with Crippen molar-refractivity contribution in [1.29, 1.82) is 0 Å². The quantitative estimate of drug-likeness (QED) is 0.714. The summed E-state index contributed by atoms with van der Waals surface area (Å²) in [5, 5.41) is 7.23. The Morgan fingerprint density at radius 1 is 1.11 bits per heavy atom. The van der Waals surface area contributed by atoms with Gasteiger partial charge in [0.05, 0.1) is 23.8 Å². The van der Waals surface area contributed by atoms with Crippen molar-refractivity contribution < 1.29 is 9.59 Å². The van der Waals surface area contributed by atoms with E-state index in [0.29, 0.717) is 19.6 Å². The molecule has 0 aliphatic carbocycles. The van der Waals surface area contributed by atoms with Crippen LogP contribution in [0.3, 0.4) is 0 Å². The largest absolute Gasteiger partial charge is 0.352 e. The maximum absolute atomic E-state index is 12.6. The zero-order chi connectivity index (χ0) is 19.3. The van der Waals surface area contributed by atoms with Gasteiger partial charge in [-0.1, -0.05) is 24.3 Å². The second-order valence-corrected chi connectivity index (χ2v) is 6.79. The molecule has 3 aromatic rings. The maximum atomic E-state index is 12.6. The van der Waals surface area contributed by atoms with Crippen molar-refractivity contribution in [2.75, 3.05) is 6.54 Å². The number of rotatable bonds is 6. The highest BCUT2D eigenvalue weighted by molar-refractivity contribution is 5.89. The summed E-state index contributed by atoms with van der Waals surface area (Å²) in [5.41, 5.74) is 2.71. The third kappa shape index (κ3) is 3.93. The van der Waals surface area contributed by atoms with Crippen molar-refractivity contribution in [1.82, 2.24) is 25.0 Å². The Hall–Kier alpha value is -3.48. The average molecular weight is 375 g/mol. The van der Waals surface area contributed by atoms with Crippen LogP contribution in [-0.4, -0.2) is 38.0 Å². The fourth-order valence-corrected chi connectivity index (χ4v) is 3.41. The van der Waals surface area contributed by atoms with Gasteiger partial charge in [0.2, 0.25) is 11.8 Å². The number of nitrogens with one attached hydrogen (secondary N) is 1. The zero-order valence-electron chi connectivity index (χ0n) is 15.4. The van der Waals surface area contributed by atoms with E-state index in [0.717, 1.165) is 16.9 Å². The van der Waals surface area contributed by atoms with Crippen LogP contribution in [0.15, 0.2) is 67.1 Å². The van der Waals surface area contributed by atoms with Gasteiger partial charge in [0.15, 0.2) is 0 Å². The molecule has 0 radical (unpaired) electrons. The van der Waals surface area contributed by atoms with Crippen LogP contribution < -0.4 is 5.32 Å². The van der Waals surface area contributed by atoms with Crippen molar-refractivity contribution in [2.24, 2.45) is 5.92 Å². The Balaban J connectivity index is 1.37. The van der Waals surface area contributed by atoms with Crippen molar-refractivity contribution in [3.8, 4) is 5.69 Å². The van der Waals surface area contributed by atoms with Gasteiger partial charge in [-0.15, -0.1) is 0 Å². The molecule has 2 aromatic heterocycles. The highest BCUT2D eigenvalue weighted by Gasteiger charge is 2.34. The molecular weight excluding hydrogens is 354 g/mol. The number of carbonyl (C=O) groups is 2. The van der Waals surface area contributed by atoms with E-state index in [2.05, 4.69) is 15.4 Å². The molecule has 7 nitrogen and oxygen atoms in total. The Bertz CT molecular complexity index is 956. The van der Waals surface area contributed by atoms with Gasteiger partial charge in [-0.05, 0) is 29.8 Å². The minimum Gasteiger partial charge on any atom is -0.352 e. The first-order valence-electron chi connectivity index (χ1n) is 9.24. The smallest absolute Gasteiger partial charge is 0.225 e. The van der Waals surface area contributed by atoms with Crippen LogP contribution in [0.25, 0.3) is 5.69 Å². The van der Waals surface area contributed by atoms with E-state index >= 15 is 0 Å². The van der Waals surface area contributed by atoms with Gasteiger partial charge in [-0.25, -0.2) is 4.68 Å². The van der Waals surface area contributed by atoms with Crippen molar-refractivity contribution in [3.63, 3.8) is 0 Å². The molecule has 1 aromatic carbocycles. The summed E-state index contributed by atoms with van der Waals surface area (Å²) in [6.07, 6.45) is 5.53.